The van der Waals surface area contributed by atoms with Crippen molar-refractivity contribution in [2.45, 2.75) is 45.1 Å². The Balaban J connectivity index is 2.16. The second-order valence-corrected chi connectivity index (χ2v) is 6.32. The highest BCUT2D eigenvalue weighted by atomic mass is 32.1. The number of nitrogen functional groups attached to an aromatic ring is 1. The van der Waals surface area contributed by atoms with Gasteiger partial charge < -0.3 is 10.5 Å². The second kappa shape index (κ2) is 3.77. The lowest BCUT2D eigenvalue weighted by Crippen LogP contribution is -2.24. The van der Waals surface area contributed by atoms with Crippen molar-refractivity contribution in [2.24, 2.45) is 0 Å². The summed E-state index contributed by atoms with van der Waals surface area (Å²) in [6.45, 7) is 5.57. The van der Waals surface area contributed by atoms with Crippen molar-refractivity contribution in [1.82, 2.24) is 0 Å². The molecule has 2 N–H and O–H groups in total. The predicted molar refractivity (Wildman–Crippen MR) is 65.9 cm³/mol. The number of anilines is 1. The van der Waals surface area contributed by atoms with Gasteiger partial charge in [-0.05, 0) is 45.6 Å². The normalized spacial score (nSPS) is 16.2. The predicted octanol–water partition coefficient (Wildman–Crippen LogP) is 3.16. The summed E-state index contributed by atoms with van der Waals surface area (Å²) in [5.74, 6) is 0.316. The third kappa shape index (κ3) is 2.55. The zero-order valence-corrected chi connectivity index (χ0v) is 10.7. The van der Waals surface area contributed by atoms with Gasteiger partial charge in [-0.25, -0.2) is 4.79 Å². The number of esters is 1. The maximum absolute atomic E-state index is 11.8. The van der Waals surface area contributed by atoms with Crippen LogP contribution in [0.4, 0.5) is 5.00 Å². The molecule has 1 heterocycles. The minimum Gasteiger partial charge on any atom is -0.456 e. The smallest absolute Gasteiger partial charge is 0.341 e. The summed E-state index contributed by atoms with van der Waals surface area (Å²) in [7, 11) is 0. The van der Waals surface area contributed by atoms with Gasteiger partial charge in [-0.2, -0.15) is 0 Å². The highest BCUT2D eigenvalue weighted by Crippen LogP contribution is 2.45. The lowest BCUT2D eigenvalue weighted by atomic mass is 10.2. The number of carbonyl (C=O) groups excluding carboxylic acids is 1. The number of thiophene rings is 1. The van der Waals surface area contributed by atoms with Gasteiger partial charge in [0.1, 0.15) is 10.6 Å². The van der Waals surface area contributed by atoms with E-state index in [1.54, 1.807) is 0 Å². The number of carbonyl (C=O) groups is 1. The maximum Gasteiger partial charge on any atom is 0.341 e. The lowest BCUT2D eigenvalue weighted by molar-refractivity contribution is 0.00713. The van der Waals surface area contributed by atoms with E-state index in [0.29, 0.717) is 16.5 Å². The molecule has 2 rings (SSSR count). The highest BCUT2D eigenvalue weighted by Gasteiger charge is 2.29. The molecule has 0 aliphatic heterocycles. The molecule has 16 heavy (non-hydrogen) atoms. The molecule has 1 aliphatic rings. The molecule has 0 radical (unpaired) electrons. The monoisotopic (exact) mass is 239 g/mol. The molecule has 1 fully saturated rings. The Morgan fingerprint density at radius 2 is 2.12 bits per heavy atom. The van der Waals surface area contributed by atoms with Crippen molar-refractivity contribution in [2.75, 3.05) is 5.73 Å². The van der Waals surface area contributed by atoms with Crippen molar-refractivity contribution < 1.29 is 9.53 Å². The minimum atomic E-state index is -0.467. The van der Waals surface area contributed by atoms with Crippen LogP contribution >= 0.6 is 11.3 Å². The summed E-state index contributed by atoms with van der Waals surface area (Å²) in [4.78, 5) is 13.1. The third-order valence-electron chi connectivity index (χ3n) is 2.38. The fourth-order valence-electron chi connectivity index (χ4n) is 1.49. The zero-order valence-electron chi connectivity index (χ0n) is 9.87. The Morgan fingerprint density at radius 3 is 2.62 bits per heavy atom. The average Bonchev–Trinajstić information content (AvgIpc) is 2.87. The summed E-state index contributed by atoms with van der Waals surface area (Å²) in [5.41, 5.74) is 5.91. The van der Waals surface area contributed by atoms with E-state index >= 15 is 0 Å². The van der Waals surface area contributed by atoms with Crippen LogP contribution in [-0.2, 0) is 4.74 Å². The largest absolute Gasteiger partial charge is 0.456 e. The van der Waals surface area contributed by atoms with Crippen LogP contribution in [0.15, 0.2) is 6.07 Å². The molecular weight excluding hydrogens is 222 g/mol. The van der Waals surface area contributed by atoms with E-state index in [2.05, 4.69) is 0 Å². The van der Waals surface area contributed by atoms with Crippen LogP contribution in [0.1, 0.15) is 54.8 Å². The second-order valence-electron chi connectivity index (χ2n) is 5.20. The van der Waals surface area contributed by atoms with E-state index in [1.165, 1.54) is 29.1 Å². The van der Waals surface area contributed by atoms with Gasteiger partial charge >= 0.3 is 5.97 Å². The van der Waals surface area contributed by atoms with Gasteiger partial charge in [-0.1, -0.05) is 0 Å². The SMILES string of the molecule is CC(C)(C)OC(=O)c1cc(C2CC2)sc1N. The van der Waals surface area contributed by atoms with Gasteiger partial charge in [0.2, 0.25) is 0 Å². The van der Waals surface area contributed by atoms with Gasteiger partial charge in [0.15, 0.2) is 0 Å². The fourth-order valence-corrected chi connectivity index (χ4v) is 2.57. The van der Waals surface area contributed by atoms with Gasteiger partial charge in [0.25, 0.3) is 0 Å². The van der Waals surface area contributed by atoms with Crippen LogP contribution < -0.4 is 5.73 Å². The summed E-state index contributed by atoms with van der Waals surface area (Å²) < 4.78 is 5.31. The summed E-state index contributed by atoms with van der Waals surface area (Å²) in [6, 6.07) is 1.89. The molecule has 1 saturated carbocycles. The summed E-state index contributed by atoms with van der Waals surface area (Å²) in [6.07, 6.45) is 2.43. The molecule has 0 spiro atoms. The standard InChI is InChI=1S/C12H17NO2S/c1-12(2,3)15-11(14)8-6-9(7-4-5-7)16-10(8)13/h6-7H,4-5,13H2,1-3H3. The fraction of sp³-hybridized carbons (Fsp3) is 0.583. The minimum absolute atomic E-state index is 0.312. The van der Waals surface area contributed by atoms with Crippen LogP contribution in [-0.4, -0.2) is 11.6 Å². The van der Waals surface area contributed by atoms with Gasteiger partial charge in [0.05, 0.1) is 5.56 Å². The Hall–Kier alpha value is -1.03. The molecule has 0 aromatic carbocycles. The molecule has 88 valence electrons. The number of nitrogens with two attached hydrogens (primary N) is 1. The van der Waals surface area contributed by atoms with Crippen molar-refractivity contribution in [1.29, 1.82) is 0 Å². The first-order valence-electron chi connectivity index (χ1n) is 5.49. The summed E-state index contributed by atoms with van der Waals surface area (Å²) in [5, 5.41) is 0.580. The molecule has 1 aliphatic carbocycles. The van der Waals surface area contributed by atoms with E-state index in [9.17, 15) is 4.79 Å². The van der Waals surface area contributed by atoms with Crippen LogP contribution in [0.5, 0.6) is 0 Å². The van der Waals surface area contributed by atoms with E-state index in [4.69, 9.17) is 10.5 Å². The van der Waals surface area contributed by atoms with Crippen molar-refractivity contribution in [3.8, 4) is 0 Å². The molecule has 0 bridgehead atoms. The van der Waals surface area contributed by atoms with Crippen molar-refractivity contribution >= 4 is 22.3 Å². The van der Waals surface area contributed by atoms with E-state index in [1.807, 2.05) is 26.8 Å². The van der Waals surface area contributed by atoms with Crippen LogP contribution in [0.25, 0.3) is 0 Å². The van der Waals surface area contributed by atoms with Crippen LogP contribution in [0, 0.1) is 0 Å². The van der Waals surface area contributed by atoms with Crippen molar-refractivity contribution in [3.63, 3.8) is 0 Å². The first kappa shape index (κ1) is 11.5. The Kier molecular flexibility index (Phi) is 2.70. The molecule has 0 amide bonds. The van der Waals surface area contributed by atoms with Crippen LogP contribution in [0.2, 0.25) is 0 Å². The molecular formula is C12H17NO2S. The molecule has 0 saturated heterocycles. The molecule has 0 atom stereocenters. The van der Waals surface area contributed by atoms with Gasteiger partial charge in [0, 0.05) is 4.88 Å². The van der Waals surface area contributed by atoms with Gasteiger partial charge in [-0.3, -0.25) is 0 Å². The Morgan fingerprint density at radius 1 is 1.50 bits per heavy atom. The number of rotatable bonds is 2. The summed E-state index contributed by atoms with van der Waals surface area (Å²) >= 11 is 1.52. The number of hydrogen-bond donors (Lipinski definition) is 1. The van der Waals surface area contributed by atoms with E-state index < -0.39 is 5.60 Å². The van der Waals surface area contributed by atoms with E-state index in [0.717, 1.165) is 0 Å². The van der Waals surface area contributed by atoms with Crippen LogP contribution in [0.3, 0.4) is 0 Å². The van der Waals surface area contributed by atoms with Crippen molar-refractivity contribution in [3.05, 3.63) is 16.5 Å². The first-order chi connectivity index (χ1) is 7.37. The maximum atomic E-state index is 11.8. The Labute approximate surface area is 99.6 Å². The lowest BCUT2D eigenvalue weighted by Gasteiger charge is -2.19. The molecule has 1 aromatic rings. The molecule has 3 nitrogen and oxygen atoms in total. The topological polar surface area (TPSA) is 52.3 Å². The zero-order chi connectivity index (χ0) is 11.9. The Bertz CT molecular complexity index is 413. The highest BCUT2D eigenvalue weighted by molar-refractivity contribution is 7.16. The number of ether oxygens (including phenoxy) is 1. The van der Waals surface area contributed by atoms with Gasteiger partial charge in [-0.15, -0.1) is 11.3 Å². The van der Waals surface area contributed by atoms with E-state index in [-0.39, 0.29) is 5.97 Å². The quantitative estimate of drug-likeness (QED) is 0.806. The third-order valence-corrected chi connectivity index (χ3v) is 3.51. The average molecular weight is 239 g/mol. The molecule has 1 aromatic heterocycles. The molecule has 0 unspecified atom stereocenters. The first-order valence-corrected chi connectivity index (χ1v) is 6.31. The number of hydrogen-bond acceptors (Lipinski definition) is 4. The molecule has 4 heteroatoms.